The van der Waals surface area contributed by atoms with E-state index in [4.69, 9.17) is 19.9 Å². The summed E-state index contributed by atoms with van der Waals surface area (Å²) in [5.41, 5.74) is 8.77. The highest BCUT2D eigenvalue weighted by atomic mass is 16.5. The van der Waals surface area contributed by atoms with E-state index in [2.05, 4.69) is 9.97 Å². The topological polar surface area (TPSA) is 79.5 Å². The molecule has 0 aliphatic carbocycles. The summed E-state index contributed by atoms with van der Waals surface area (Å²) >= 11 is 0. The van der Waals surface area contributed by atoms with Gasteiger partial charge in [-0.05, 0) is 13.0 Å². The lowest BCUT2D eigenvalue weighted by Gasteiger charge is -2.17. The molecule has 21 heavy (non-hydrogen) atoms. The minimum absolute atomic E-state index is 0.338. The van der Waals surface area contributed by atoms with Gasteiger partial charge in [0.15, 0.2) is 0 Å². The molecule has 2 rings (SSSR count). The fourth-order valence-corrected chi connectivity index (χ4v) is 2.07. The van der Waals surface area contributed by atoms with E-state index in [0.717, 1.165) is 11.1 Å². The normalized spacial score (nSPS) is 11.9. The standard InChI is InChI=1S/C15H19N3O3/c1-9-5-6-11(19-2)10(7-9)13(16)14-15(21-4)18-12(20-3)8-17-14/h5-8,13H,16H2,1-4H3. The highest BCUT2D eigenvalue weighted by Gasteiger charge is 2.21. The molecule has 2 N–H and O–H groups in total. The Bertz CT molecular complexity index is 632. The maximum Gasteiger partial charge on any atom is 0.240 e. The molecule has 0 saturated carbocycles. The Kier molecular flexibility index (Phi) is 4.59. The first-order chi connectivity index (χ1) is 10.1. The van der Waals surface area contributed by atoms with E-state index in [1.165, 1.54) is 20.4 Å². The molecular weight excluding hydrogens is 270 g/mol. The van der Waals surface area contributed by atoms with Crippen LogP contribution in [0.4, 0.5) is 0 Å². The number of benzene rings is 1. The van der Waals surface area contributed by atoms with Gasteiger partial charge in [0.2, 0.25) is 11.8 Å². The minimum Gasteiger partial charge on any atom is -0.496 e. The smallest absolute Gasteiger partial charge is 0.240 e. The van der Waals surface area contributed by atoms with Gasteiger partial charge in [-0.15, -0.1) is 0 Å². The van der Waals surface area contributed by atoms with Crippen LogP contribution in [0.1, 0.15) is 22.9 Å². The Morgan fingerprint density at radius 2 is 1.86 bits per heavy atom. The van der Waals surface area contributed by atoms with E-state index >= 15 is 0 Å². The zero-order valence-electron chi connectivity index (χ0n) is 12.6. The number of methoxy groups -OCH3 is 3. The Hall–Kier alpha value is -2.34. The number of aryl methyl sites for hydroxylation is 1. The third kappa shape index (κ3) is 3.05. The third-order valence-electron chi connectivity index (χ3n) is 3.16. The average Bonchev–Trinajstić information content (AvgIpc) is 2.53. The molecule has 0 aliphatic heterocycles. The van der Waals surface area contributed by atoms with Crippen molar-refractivity contribution in [2.75, 3.05) is 21.3 Å². The van der Waals surface area contributed by atoms with Crippen molar-refractivity contribution < 1.29 is 14.2 Å². The van der Waals surface area contributed by atoms with Gasteiger partial charge >= 0.3 is 0 Å². The molecular formula is C15H19N3O3. The summed E-state index contributed by atoms with van der Waals surface area (Å²) in [7, 11) is 4.65. The Balaban J connectivity index is 2.49. The molecule has 0 bridgehead atoms. The fraction of sp³-hybridized carbons (Fsp3) is 0.333. The summed E-state index contributed by atoms with van der Waals surface area (Å²) in [5.74, 6) is 1.41. The zero-order chi connectivity index (χ0) is 15.4. The monoisotopic (exact) mass is 289 g/mol. The molecule has 1 aromatic carbocycles. The summed E-state index contributed by atoms with van der Waals surface area (Å²) < 4.78 is 15.7. The van der Waals surface area contributed by atoms with Crippen molar-refractivity contribution in [1.82, 2.24) is 9.97 Å². The first-order valence-electron chi connectivity index (χ1n) is 6.45. The maximum absolute atomic E-state index is 6.33. The molecule has 6 nitrogen and oxygen atoms in total. The van der Waals surface area contributed by atoms with Crippen LogP contribution in [0.15, 0.2) is 24.4 Å². The van der Waals surface area contributed by atoms with Crippen LogP contribution in [-0.2, 0) is 0 Å². The van der Waals surface area contributed by atoms with Crippen LogP contribution in [0.2, 0.25) is 0 Å². The lowest BCUT2D eigenvalue weighted by atomic mass is 10.0. The Labute approximate surface area is 123 Å². The summed E-state index contributed by atoms with van der Waals surface area (Å²) in [6.07, 6.45) is 1.51. The predicted molar refractivity (Wildman–Crippen MR) is 78.9 cm³/mol. The molecule has 0 fully saturated rings. The van der Waals surface area contributed by atoms with Crippen molar-refractivity contribution in [3.8, 4) is 17.5 Å². The summed E-state index contributed by atoms with van der Waals surface area (Å²) in [5, 5.41) is 0. The first kappa shape index (κ1) is 15.1. The van der Waals surface area contributed by atoms with Crippen LogP contribution in [0.5, 0.6) is 17.5 Å². The summed E-state index contributed by atoms with van der Waals surface area (Å²) in [6.45, 7) is 1.99. The number of nitrogens with zero attached hydrogens (tertiary/aromatic N) is 2. The van der Waals surface area contributed by atoms with Crippen molar-refractivity contribution in [1.29, 1.82) is 0 Å². The number of rotatable bonds is 5. The van der Waals surface area contributed by atoms with Crippen LogP contribution in [0.3, 0.4) is 0 Å². The largest absolute Gasteiger partial charge is 0.496 e. The molecule has 6 heteroatoms. The fourth-order valence-electron chi connectivity index (χ4n) is 2.07. The van der Waals surface area contributed by atoms with Gasteiger partial charge in [-0.25, -0.2) is 4.98 Å². The summed E-state index contributed by atoms with van der Waals surface area (Å²) in [4.78, 5) is 8.52. The first-order valence-corrected chi connectivity index (χ1v) is 6.45. The molecule has 1 aromatic heterocycles. The van der Waals surface area contributed by atoms with Crippen LogP contribution in [0, 0.1) is 6.92 Å². The van der Waals surface area contributed by atoms with Crippen LogP contribution < -0.4 is 19.9 Å². The predicted octanol–water partition coefficient (Wildman–Crippen LogP) is 1.86. The quantitative estimate of drug-likeness (QED) is 0.905. The second-order valence-corrected chi connectivity index (χ2v) is 4.53. The number of ether oxygens (including phenoxy) is 3. The Morgan fingerprint density at radius 3 is 2.48 bits per heavy atom. The van der Waals surface area contributed by atoms with E-state index in [1.807, 2.05) is 25.1 Å². The van der Waals surface area contributed by atoms with Gasteiger partial charge in [-0.1, -0.05) is 17.7 Å². The van der Waals surface area contributed by atoms with E-state index in [1.54, 1.807) is 7.11 Å². The van der Waals surface area contributed by atoms with Crippen molar-refractivity contribution >= 4 is 0 Å². The van der Waals surface area contributed by atoms with Crippen molar-refractivity contribution in [2.24, 2.45) is 5.73 Å². The molecule has 0 aliphatic rings. The zero-order valence-corrected chi connectivity index (χ0v) is 12.6. The van der Waals surface area contributed by atoms with E-state index in [0.29, 0.717) is 23.2 Å². The molecule has 1 unspecified atom stereocenters. The molecule has 112 valence electrons. The minimum atomic E-state index is -0.506. The van der Waals surface area contributed by atoms with Gasteiger partial charge in [-0.2, -0.15) is 4.98 Å². The van der Waals surface area contributed by atoms with Crippen LogP contribution in [-0.4, -0.2) is 31.3 Å². The lowest BCUT2D eigenvalue weighted by molar-refractivity contribution is 0.354. The van der Waals surface area contributed by atoms with Gasteiger partial charge < -0.3 is 19.9 Å². The number of hydrogen-bond acceptors (Lipinski definition) is 6. The average molecular weight is 289 g/mol. The van der Waals surface area contributed by atoms with E-state index in [-0.39, 0.29) is 0 Å². The molecule has 0 amide bonds. The van der Waals surface area contributed by atoms with Crippen LogP contribution >= 0.6 is 0 Å². The van der Waals surface area contributed by atoms with Crippen molar-refractivity contribution in [3.63, 3.8) is 0 Å². The van der Waals surface area contributed by atoms with Gasteiger partial charge in [0.1, 0.15) is 11.4 Å². The number of nitrogens with two attached hydrogens (primary N) is 1. The lowest BCUT2D eigenvalue weighted by Crippen LogP contribution is -2.17. The number of aromatic nitrogens is 2. The molecule has 2 aromatic rings. The van der Waals surface area contributed by atoms with E-state index < -0.39 is 6.04 Å². The molecule has 1 heterocycles. The van der Waals surface area contributed by atoms with Gasteiger partial charge in [0, 0.05) is 5.56 Å². The maximum atomic E-state index is 6.33. The van der Waals surface area contributed by atoms with Crippen molar-refractivity contribution in [2.45, 2.75) is 13.0 Å². The Morgan fingerprint density at radius 1 is 1.10 bits per heavy atom. The molecule has 0 radical (unpaired) electrons. The molecule has 0 saturated heterocycles. The molecule has 0 spiro atoms. The van der Waals surface area contributed by atoms with Gasteiger partial charge in [-0.3, -0.25) is 0 Å². The molecule has 1 atom stereocenters. The second-order valence-electron chi connectivity index (χ2n) is 4.53. The van der Waals surface area contributed by atoms with Gasteiger partial charge in [0.25, 0.3) is 0 Å². The van der Waals surface area contributed by atoms with Gasteiger partial charge in [0.05, 0.1) is 33.6 Å². The second kappa shape index (κ2) is 6.41. The third-order valence-corrected chi connectivity index (χ3v) is 3.16. The van der Waals surface area contributed by atoms with E-state index in [9.17, 15) is 0 Å². The van der Waals surface area contributed by atoms with Crippen molar-refractivity contribution in [3.05, 3.63) is 41.2 Å². The number of hydrogen-bond donors (Lipinski definition) is 1. The highest BCUT2D eigenvalue weighted by molar-refractivity contribution is 5.44. The highest BCUT2D eigenvalue weighted by Crippen LogP contribution is 2.32. The van der Waals surface area contributed by atoms with Crippen LogP contribution in [0.25, 0.3) is 0 Å². The SMILES string of the molecule is COc1cnc(C(N)c2cc(C)ccc2OC)c(OC)n1. The summed E-state index contributed by atoms with van der Waals surface area (Å²) in [6, 6.07) is 5.31.